The van der Waals surface area contributed by atoms with Gasteiger partial charge < -0.3 is 10.2 Å². The fraction of sp³-hybridized carbons (Fsp3) is 0.0556. The van der Waals surface area contributed by atoms with E-state index in [0.717, 1.165) is 12.1 Å². The molecule has 0 aliphatic rings. The molecular weight excluding hydrogens is 321 g/mol. The summed E-state index contributed by atoms with van der Waals surface area (Å²) in [4.78, 5) is 10.9. The zero-order chi connectivity index (χ0) is 17.5. The van der Waals surface area contributed by atoms with Crippen molar-refractivity contribution < 1.29 is 28.2 Å². The highest BCUT2D eigenvalue weighted by atomic mass is 19.4. The number of alkyl halides is 3. The van der Waals surface area contributed by atoms with E-state index in [0.29, 0.717) is 22.4 Å². The summed E-state index contributed by atoms with van der Waals surface area (Å²) in [5.74, 6) is -1.35. The summed E-state index contributed by atoms with van der Waals surface area (Å²) < 4.78 is 40.0. The topological polar surface area (TPSA) is 57.5 Å². The SMILES string of the molecule is O=C(O)c1ccc(-c2ccc3cc(O)ccc3c2)c(C(F)(F)F)c1. The molecular formula is C18H11F3O3. The van der Waals surface area contributed by atoms with Crippen LogP contribution in [0.15, 0.2) is 54.6 Å². The molecule has 0 aromatic heterocycles. The van der Waals surface area contributed by atoms with Crippen LogP contribution < -0.4 is 0 Å². The Hall–Kier alpha value is -3.02. The van der Waals surface area contributed by atoms with E-state index in [2.05, 4.69) is 0 Å². The van der Waals surface area contributed by atoms with Gasteiger partial charge >= 0.3 is 12.1 Å². The number of aromatic carboxylic acids is 1. The molecule has 0 saturated heterocycles. The van der Waals surface area contributed by atoms with Gasteiger partial charge in [-0.25, -0.2) is 4.79 Å². The third kappa shape index (κ3) is 2.90. The van der Waals surface area contributed by atoms with Gasteiger partial charge in [-0.05, 0) is 52.2 Å². The van der Waals surface area contributed by atoms with E-state index >= 15 is 0 Å². The molecule has 2 N–H and O–H groups in total. The van der Waals surface area contributed by atoms with Gasteiger partial charge in [0.1, 0.15) is 5.75 Å². The molecule has 0 amide bonds. The van der Waals surface area contributed by atoms with E-state index in [4.69, 9.17) is 5.11 Å². The first-order chi connectivity index (χ1) is 11.3. The Morgan fingerprint density at radius 2 is 1.54 bits per heavy atom. The van der Waals surface area contributed by atoms with Crippen LogP contribution in [0.2, 0.25) is 0 Å². The highest BCUT2D eigenvalue weighted by molar-refractivity contribution is 5.91. The fourth-order valence-electron chi connectivity index (χ4n) is 2.56. The summed E-state index contributed by atoms with van der Waals surface area (Å²) in [5.41, 5.74) is -1.20. The van der Waals surface area contributed by atoms with E-state index in [-0.39, 0.29) is 11.3 Å². The zero-order valence-electron chi connectivity index (χ0n) is 12.1. The van der Waals surface area contributed by atoms with Crippen LogP contribution >= 0.6 is 0 Å². The number of carboxylic acid groups (broad SMARTS) is 1. The van der Waals surface area contributed by atoms with Gasteiger partial charge in [0.25, 0.3) is 0 Å². The number of hydrogen-bond donors (Lipinski definition) is 2. The number of hydrogen-bond acceptors (Lipinski definition) is 2. The Morgan fingerprint density at radius 3 is 2.21 bits per heavy atom. The van der Waals surface area contributed by atoms with Crippen molar-refractivity contribution in [3.8, 4) is 16.9 Å². The van der Waals surface area contributed by atoms with Crippen molar-refractivity contribution in [3.63, 3.8) is 0 Å². The van der Waals surface area contributed by atoms with Crippen molar-refractivity contribution in [1.29, 1.82) is 0 Å². The largest absolute Gasteiger partial charge is 0.508 e. The lowest BCUT2D eigenvalue weighted by molar-refractivity contribution is -0.137. The molecule has 122 valence electrons. The van der Waals surface area contributed by atoms with Crippen LogP contribution in [0.25, 0.3) is 21.9 Å². The predicted octanol–water partition coefficient (Wildman–Crippen LogP) is 4.93. The number of benzene rings is 3. The van der Waals surface area contributed by atoms with Crippen LogP contribution in [0.5, 0.6) is 5.75 Å². The van der Waals surface area contributed by atoms with Crippen molar-refractivity contribution in [3.05, 3.63) is 65.7 Å². The van der Waals surface area contributed by atoms with Crippen LogP contribution in [-0.4, -0.2) is 16.2 Å². The van der Waals surface area contributed by atoms with Gasteiger partial charge in [0, 0.05) is 0 Å². The number of carbonyl (C=O) groups is 1. The van der Waals surface area contributed by atoms with Crippen molar-refractivity contribution in [2.45, 2.75) is 6.18 Å². The first kappa shape index (κ1) is 15.9. The Kier molecular flexibility index (Phi) is 3.67. The van der Waals surface area contributed by atoms with Gasteiger partial charge in [0.05, 0.1) is 11.1 Å². The molecule has 0 atom stereocenters. The summed E-state index contributed by atoms with van der Waals surface area (Å²) in [7, 11) is 0. The maximum Gasteiger partial charge on any atom is 0.417 e. The molecule has 0 fully saturated rings. The van der Waals surface area contributed by atoms with Gasteiger partial charge in [-0.1, -0.05) is 24.3 Å². The van der Waals surface area contributed by atoms with Gasteiger partial charge in [0.15, 0.2) is 0 Å². The van der Waals surface area contributed by atoms with Gasteiger partial charge in [-0.2, -0.15) is 13.2 Å². The van der Waals surface area contributed by atoms with Gasteiger partial charge in [-0.15, -0.1) is 0 Å². The number of fused-ring (bicyclic) bond motifs is 1. The smallest absolute Gasteiger partial charge is 0.417 e. The van der Waals surface area contributed by atoms with Crippen LogP contribution in [0, 0.1) is 0 Å². The molecule has 0 aliphatic heterocycles. The Balaban J connectivity index is 2.21. The Labute approximate surface area is 134 Å². The van der Waals surface area contributed by atoms with E-state index in [1.54, 1.807) is 18.2 Å². The number of carboxylic acids is 1. The van der Waals surface area contributed by atoms with Crippen LogP contribution in [0.1, 0.15) is 15.9 Å². The number of aromatic hydroxyl groups is 1. The lowest BCUT2D eigenvalue weighted by atomic mass is 9.95. The molecule has 0 spiro atoms. The quantitative estimate of drug-likeness (QED) is 0.699. The predicted molar refractivity (Wildman–Crippen MR) is 83.0 cm³/mol. The minimum Gasteiger partial charge on any atom is -0.508 e. The molecule has 3 aromatic rings. The van der Waals surface area contributed by atoms with Crippen LogP contribution in [0.3, 0.4) is 0 Å². The third-order valence-electron chi connectivity index (χ3n) is 3.71. The lowest BCUT2D eigenvalue weighted by Crippen LogP contribution is -2.09. The maximum absolute atomic E-state index is 13.3. The second-order valence-electron chi connectivity index (χ2n) is 5.31. The summed E-state index contributed by atoms with van der Waals surface area (Å²) in [6, 6.07) is 12.2. The van der Waals surface area contributed by atoms with Crippen LogP contribution in [0.4, 0.5) is 13.2 Å². The number of phenolic OH excluding ortho intramolecular Hbond substituents is 1. The van der Waals surface area contributed by atoms with E-state index in [9.17, 15) is 23.1 Å². The normalized spacial score (nSPS) is 11.6. The first-order valence-corrected chi connectivity index (χ1v) is 6.93. The molecule has 0 unspecified atom stereocenters. The lowest BCUT2D eigenvalue weighted by Gasteiger charge is -2.14. The summed E-state index contributed by atoms with van der Waals surface area (Å²) in [6.07, 6.45) is -4.68. The molecule has 24 heavy (non-hydrogen) atoms. The van der Waals surface area contributed by atoms with E-state index < -0.39 is 23.3 Å². The third-order valence-corrected chi connectivity index (χ3v) is 3.71. The second kappa shape index (κ2) is 5.56. The molecule has 3 aromatic carbocycles. The average molecular weight is 332 g/mol. The molecule has 6 heteroatoms. The molecule has 0 bridgehead atoms. The number of phenols is 1. The maximum atomic E-state index is 13.3. The molecule has 3 nitrogen and oxygen atoms in total. The minimum absolute atomic E-state index is 0.0667. The van der Waals surface area contributed by atoms with E-state index in [1.165, 1.54) is 18.2 Å². The molecule has 0 aliphatic carbocycles. The summed E-state index contributed by atoms with van der Waals surface area (Å²) in [6.45, 7) is 0. The first-order valence-electron chi connectivity index (χ1n) is 6.93. The Morgan fingerprint density at radius 1 is 0.875 bits per heavy atom. The summed E-state index contributed by atoms with van der Waals surface area (Å²) >= 11 is 0. The van der Waals surface area contributed by atoms with Crippen molar-refractivity contribution in [2.75, 3.05) is 0 Å². The number of rotatable bonds is 2. The molecule has 0 heterocycles. The molecule has 0 saturated carbocycles. The minimum atomic E-state index is -4.68. The van der Waals surface area contributed by atoms with Crippen molar-refractivity contribution in [1.82, 2.24) is 0 Å². The standard InChI is InChI=1S/C18H11F3O3/c19-18(20,21)16-9-13(17(23)24)4-6-15(16)12-2-1-11-8-14(22)5-3-10(11)7-12/h1-9,22H,(H,23,24). The van der Waals surface area contributed by atoms with Gasteiger partial charge in [-0.3, -0.25) is 0 Å². The van der Waals surface area contributed by atoms with E-state index in [1.807, 2.05) is 0 Å². The highest BCUT2D eigenvalue weighted by Gasteiger charge is 2.34. The number of halogens is 3. The zero-order valence-corrected chi connectivity index (χ0v) is 12.1. The fourth-order valence-corrected chi connectivity index (χ4v) is 2.56. The van der Waals surface area contributed by atoms with Gasteiger partial charge in [0.2, 0.25) is 0 Å². The van der Waals surface area contributed by atoms with Crippen LogP contribution in [-0.2, 0) is 6.18 Å². The second-order valence-corrected chi connectivity index (χ2v) is 5.31. The van der Waals surface area contributed by atoms with Crippen molar-refractivity contribution in [2.24, 2.45) is 0 Å². The van der Waals surface area contributed by atoms with Crippen molar-refractivity contribution >= 4 is 16.7 Å². The monoisotopic (exact) mass is 332 g/mol. The Bertz CT molecular complexity index is 946. The average Bonchev–Trinajstić information content (AvgIpc) is 2.53. The summed E-state index contributed by atoms with van der Waals surface area (Å²) in [5, 5.41) is 19.7. The molecule has 0 radical (unpaired) electrons. The molecule has 3 rings (SSSR count). The highest BCUT2D eigenvalue weighted by Crippen LogP contribution is 2.38.